The van der Waals surface area contributed by atoms with Crippen LogP contribution in [0.5, 0.6) is 5.75 Å². The van der Waals surface area contributed by atoms with Crippen LogP contribution in [0.1, 0.15) is 24.0 Å². The zero-order chi connectivity index (χ0) is 13.0. The van der Waals surface area contributed by atoms with E-state index < -0.39 is 11.9 Å². The Morgan fingerprint density at radius 3 is 2.35 bits per heavy atom. The zero-order valence-corrected chi connectivity index (χ0v) is 10.4. The largest absolute Gasteiger partial charge is 0.496 e. The van der Waals surface area contributed by atoms with Gasteiger partial charge in [0.15, 0.2) is 0 Å². The zero-order valence-electron chi connectivity index (χ0n) is 10.4. The number of benzene rings is 1. The van der Waals surface area contributed by atoms with Crippen molar-refractivity contribution in [2.45, 2.75) is 19.8 Å². The highest BCUT2D eigenvalue weighted by Gasteiger charge is 2.26. The first-order chi connectivity index (χ1) is 8.01. The van der Waals surface area contributed by atoms with Crippen LogP contribution in [0.15, 0.2) is 18.2 Å². The van der Waals surface area contributed by atoms with Gasteiger partial charge in [0.1, 0.15) is 17.5 Å². The van der Waals surface area contributed by atoms with Gasteiger partial charge in [-0.05, 0) is 31.0 Å². The third-order valence-electron chi connectivity index (χ3n) is 2.61. The third kappa shape index (κ3) is 2.84. The molecule has 0 aromatic heterocycles. The number of carbonyl (C=O) groups is 2. The summed E-state index contributed by atoms with van der Waals surface area (Å²) in [6.07, 6.45) is 0. The summed E-state index contributed by atoms with van der Waals surface area (Å²) >= 11 is 0. The number of carbonyl (C=O) groups excluding carboxylic acids is 2. The van der Waals surface area contributed by atoms with Gasteiger partial charge < -0.3 is 9.47 Å². The Labute approximate surface area is 101 Å². The Morgan fingerprint density at radius 2 is 1.88 bits per heavy atom. The first-order valence-electron chi connectivity index (χ1n) is 5.24. The van der Waals surface area contributed by atoms with Gasteiger partial charge >= 0.3 is 5.97 Å². The molecule has 0 aliphatic heterocycles. The van der Waals surface area contributed by atoms with Crippen LogP contribution in [0.4, 0.5) is 0 Å². The van der Waals surface area contributed by atoms with Crippen molar-refractivity contribution >= 4 is 11.8 Å². The van der Waals surface area contributed by atoms with Crippen LogP contribution in [0.25, 0.3) is 0 Å². The van der Waals surface area contributed by atoms with Gasteiger partial charge in [0.05, 0.1) is 14.2 Å². The fraction of sp³-hybridized carbons (Fsp3) is 0.385. The molecule has 0 spiro atoms. The average molecular weight is 236 g/mol. The van der Waals surface area contributed by atoms with Crippen LogP contribution in [0.3, 0.4) is 0 Å². The number of hydrogen-bond acceptors (Lipinski definition) is 4. The number of Topliss-reactive ketones (excluding diaryl/α,β-unsaturated/α-hetero) is 1. The van der Waals surface area contributed by atoms with E-state index in [1.54, 1.807) is 19.2 Å². The lowest BCUT2D eigenvalue weighted by Gasteiger charge is -2.14. The van der Waals surface area contributed by atoms with E-state index in [0.717, 1.165) is 5.56 Å². The van der Waals surface area contributed by atoms with Crippen LogP contribution >= 0.6 is 0 Å². The molecule has 1 atom stereocenters. The number of aryl methyl sites for hydroxylation is 1. The molecule has 0 N–H and O–H groups in total. The summed E-state index contributed by atoms with van der Waals surface area (Å²) in [5.41, 5.74) is 1.54. The van der Waals surface area contributed by atoms with Crippen molar-refractivity contribution in [2.24, 2.45) is 0 Å². The lowest BCUT2D eigenvalue weighted by Crippen LogP contribution is -2.21. The van der Waals surface area contributed by atoms with Crippen LogP contribution in [0, 0.1) is 6.92 Å². The molecule has 1 aromatic carbocycles. The fourth-order valence-corrected chi connectivity index (χ4v) is 1.67. The minimum Gasteiger partial charge on any atom is -0.496 e. The maximum atomic E-state index is 11.6. The van der Waals surface area contributed by atoms with E-state index >= 15 is 0 Å². The summed E-state index contributed by atoms with van der Waals surface area (Å²) in [5, 5.41) is 0. The number of methoxy groups -OCH3 is 2. The van der Waals surface area contributed by atoms with Crippen LogP contribution in [-0.4, -0.2) is 26.0 Å². The molecule has 17 heavy (non-hydrogen) atoms. The minimum atomic E-state index is -0.880. The molecule has 0 amide bonds. The van der Waals surface area contributed by atoms with Crippen LogP contribution < -0.4 is 4.74 Å². The van der Waals surface area contributed by atoms with E-state index in [0.29, 0.717) is 11.3 Å². The second-order valence-corrected chi connectivity index (χ2v) is 3.80. The standard InChI is InChI=1S/C13H16O4/c1-8-5-6-10(7-11(8)16-3)12(9(2)14)13(15)17-4/h5-7,12H,1-4H3. The van der Waals surface area contributed by atoms with Gasteiger partial charge in [-0.15, -0.1) is 0 Å². The molecule has 4 nitrogen and oxygen atoms in total. The molecule has 1 unspecified atom stereocenters. The Hall–Kier alpha value is -1.84. The molecular weight excluding hydrogens is 220 g/mol. The molecule has 1 aromatic rings. The molecule has 92 valence electrons. The predicted octanol–water partition coefficient (Wildman–Crippen LogP) is 1.85. The monoisotopic (exact) mass is 236 g/mol. The average Bonchev–Trinajstić information content (AvgIpc) is 2.30. The molecule has 0 radical (unpaired) electrons. The quantitative estimate of drug-likeness (QED) is 0.591. The molecule has 0 bridgehead atoms. The summed E-state index contributed by atoms with van der Waals surface area (Å²) in [4.78, 5) is 23.0. The molecule has 1 rings (SSSR count). The SMILES string of the molecule is COC(=O)C(C(C)=O)c1ccc(C)c(OC)c1. The second-order valence-electron chi connectivity index (χ2n) is 3.80. The lowest BCUT2D eigenvalue weighted by atomic mass is 9.94. The van der Waals surface area contributed by atoms with E-state index in [4.69, 9.17) is 4.74 Å². The normalized spacial score (nSPS) is 11.8. The first kappa shape index (κ1) is 13.2. The maximum absolute atomic E-state index is 11.6. The predicted molar refractivity (Wildman–Crippen MR) is 63.2 cm³/mol. The van der Waals surface area contributed by atoms with E-state index in [1.807, 2.05) is 13.0 Å². The highest BCUT2D eigenvalue weighted by Crippen LogP contribution is 2.25. The van der Waals surface area contributed by atoms with Crippen molar-refractivity contribution in [1.82, 2.24) is 0 Å². The Bertz CT molecular complexity index is 437. The van der Waals surface area contributed by atoms with Gasteiger partial charge in [-0.1, -0.05) is 12.1 Å². The van der Waals surface area contributed by atoms with Crippen LogP contribution in [0.2, 0.25) is 0 Å². The number of rotatable bonds is 4. The number of ether oxygens (including phenoxy) is 2. The molecule has 0 heterocycles. The number of hydrogen-bond donors (Lipinski definition) is 0. The minimum absolute atomic E-state index is 0.247. The summed E-state index contributed by atoms with van der Waals surface area (Å²) in [6, 6.07) is 5.24. The number of ketones is 1. The van der Waals surface area contributed by atoms with Crippen molar-refractivity contribution < 1.29 is 19.1 Å². The van der Waals surface area contributed by atoms with Gasteiger partial charge in [-0.25, -0.2) is 0 Å². The number of esters is 1. The Morgan fingerprint density at radius 1 is 1.24 bits per heavy atom. The van der Waals surface area contributed by atoms with E-state index in [9.17, 15) is 9.59 Å². The Balaban J connectivity index is 3.19. The molecule has 0 fully saturated rings. The molecule has 0 saturated carbocycles. The summed E-state index contributed by atoms with van der Waals surface area (Å²) < 4.78 is 9.80. The summed E-state index contributed by atoms with van der Waals surface area (Å²) in [5.74, 6) is -1.03. The molecule has 4 heteroatoms. The third-order valence-corrected chi connectivity index (χ3v) is 2.61. The van der Waals surface area contributed by atoms with Crippen LogP contribution in [-0.2, 0) is 14.3 Å². The van der Waals surface area contributed by atoms with E-state index in [1.165, 1.54) is 14.0 Å². The van der Waals surface area contributed by atoms with E-state index in [2.05, 4.69) is 4.74 Å². The van der Waals surface area contributed by atoms with Gasteiger partial charge in [0, 0.05) is 0 Å². The van der Waals surface area contributed by atoms with Crippen molar-refractivity contribution in [3.05, 3.63) is 29.3 Å². The second kappa shape index (κ2) is 5.48. The summed E-state index contributed by atoms with van der Waals surface area (Å²) in [6.45, 7) is 3.26. The van der Waals surface area contributed by atoms with E-state index in [-0.39, 0.29) is 5.78 Å². The summed E-state index contributed by atoms with van der Waals surface area (Å²) in [7, 11) is 2.82. The van der Waals surface area contributed by atoms with Crippen molar-refractivity contribution in [3.63, 3.8) is 0 Å². The molecular formula is C13H16O4. The first-order valence-corrected chi connectivity index (χ1v) is 5.24. The van der Waals surface area contributed by atoms with Crippen molar-refractivity contribution in [3.8, 4) is 5.75 Å². The molecule has 0 aliphatic carbocycles. The topological polar surface area (TPSA) is 52.6 Å². The highest BCUT2D eigenvalue weighted by atomic mass is 16.5. The maximum Gasteiger partial charge on any atom is 0.320 e. The molecule has 0 aliphatic rings. The fourth-order valence-electron chi connectivity index (χ4n) is 1.67. The van der Waals surface area contributed by atoms with Gasteiger partial charge in [-0.2, -0.15) is 0 Å². The van der Waals surface area contributed by atoms with Gasteiger partial charge in [0.2, 0.25) is 0 Å². The Kier molecular flexibility index (Phi) is 4.26. The smallest absolute Gasteiger partial charge is 0.320 e. The highest BCUT2D eigenvalue weighted by molar-refractivity contribution is 6.03. The lowest BCUT2D eigenvalue weighted by molar-refractivity contribution is -0.145. The van der Waals surface area contributed by atoms with Crippen molar-refractivity contribution in [1.29, 1.82) is 0 Å². The molecule has 0 saturated heterocycles. The van der Waals surface area contributed by atoms with Gasteiger partial charge in [0.25, 0.3) is 0 Å². The van der Waals surface area contributed by atoms with Crippen molar-refractivity contribution in [2.75, 3.05) is 14.2 Å². The van der Waals surface area contributed by atoms with Gasteiger partial charge in [-0.3, -0.25) is 9.59 Å².